The van der Waals surface area contributed by atoms with Crippen LogP contribution in [0.1, 0.15) is 5.56 Å². The fourth-order valence-electron chi connectivity index (χ4n) is 0.937. The second kappa shape index (κ2) is 4.82. The molecule has 0 N–H and O–H groups in total. The molecule has 3 heteroatoms. The highest BCUT2D eigenvalue weighted by molar-refractivity contribution is 9.10. The summed E-state index contributed by atoms with van der Waals surface area (Å²) >= 11 is 3.35. The summed E-state index contributed by atoms with van der Waals surface area (Å²) in [5, 5.41) is 0. The van der Waals surface area contributed by atoms with Crippen molar-refractivity contribution >= 4 is 28.3 Å². The Morgan fingerprint density at radius 1 is 1.46 bits per heavy atom. The van der Waals surface area contributed by atoms with Crippen molar-refractivity contribution in [3.8, 4) is 5.75 Å². The number of hydrogen-bond donors (Lipinski definition) is 0. The lowest BCUT2D eigenvalue weighted by Gasteiger charge is -2.02. The molecule has 0 saturated carbocycles. The lowest BCUT2D eigenvalue weighted by Crippen LogP contribution is -1.84. The molecule has 13 heavy (non-hydrogen) atoms. The van der Waals surface area contributed by atoms with Gasteiger partial charge in [-0.25, -0.2) is 0 Å². The summed E-state index contributed by atoms with van der Waals surface area (Å²) in [6.45, 7) is 0. The molecular weight excluding hydrogens is 232 g/mol. The van der Waals surface area contributed by atoms with Crippen molar-refractivity contribution in [1.82, 2.24) is 0 Å². The Morgan fingerprint density at radius 3 is 2.77 bits per heavy atom. The van der Waals surface area contributed by atoms with Gasteiger partial charge < -0.3 is 4.74 Å². The van der Waals surface area contributed by atoms with Crippen molar-refractivity contribution in [3.05, 3.63) is 34.3 Å². The van der Waals surface area contributed by atoms with Crippen molar-refractivity contribution in [3.63, 3.8) is 0 Å². The van der Waals surface area contributed by atoms with Gasteiger partial charge in [-0.1, -0.05) is 12.1 Å². The van der Waals surface area contributed by atoms with E-state index in [1.165, 1.54) is 6.08 Å². The van der Waals surface area contributed by atoms with Gasteiger partial charge in [-0.15, -0.1) is 0 Å². The fourth-order valence-corrected chi connectivity index (χ4v) is 1.50. The van der Waals surface area contributed by atoms with Crippen LogP contribution < -0.4 is 4.74 Å². The lowest BCUT2D eigenvalue weighted by molar-refractivity contribution is -0.104. The first kappa shape index (κ1) is 9.99. The smallest absolute Gasteiger partial charge is 0.142 e. The molecule has 0 aliphatic rings. The van der Waals surface area contributed by atoms with Crippen molar-refractivity contribution < 1.29 is 9.53 Å². The second-order valence-electron chi connectivity index (χ2n) is 2.39. The molecule has 1 aromatic rings. The molecule has 0 fully saturated rings. The lowest BCUT2D eigenvalue weighted by atomic mass is 10.2. The Hall–Kier alpha value is -1.09. The Balaban J connectivity index is 2.95. The quantitative estimate of drug-likeness (QED) is 0.600. The molecule has 0 unspecified atom stereocenters. The Labute approximate surface area is 85.3 Å². The van der Waals surface area contributed by atoms with Gasteiger partial charge >= 0.3 is 0 Å². The van der Waals surface area contributed by atoms with Crippen molar-refractivity contribution in [1.29, 1.82) is 0 Å². The largest absolute Gasteiger partial charge is 0.496 e. The van der Waals surface area contributed by atoms with Crippen LogP contribution in [0.2, 0.25) is 0 Å². The summed E-state index contributed by atoms with van der Waals surface area (Å²) < 4.78 is 5.94. The van der Waals surface area contributed by atoms with Gasteiger partial charge in [0.2, 0.25) is 0 Å². The van der Waals surface area contributed by atoms with Gasteiger partial charge in [0.25, 0.3) is 0 Å². The molecule has 0 atom stereocenters. The highest BCUT2D eigenvalue weighted by Crippen LogP contribution is 2.25. The number of allylic oxidation sites excluding steroid dienone is 1. The van der Waals surface area contributed by atoms with Gasteiger partial charge in [0, 0.05) is 0 Å². The molecule has 0 spiro atoms. The zero-order valence-electron chi connectivity index (χ0n) is 7.16. The molecule has 68 valence electrons. The molecule has 0 heterocycles. The van der Waals surface area contributed by atoms with E-state index in [2.05, 4.69) is 15.9 Å². The summed E-state index contributed by atoms with van der Waals surface area (Å²) in [5.74, 6) is 0.781. The third-order valence-corrected chi connectivity index (χ3v) is 2.16. The van der Waals surface area contributed by atoms with Gasteiger partial charge in [0.15, 0.2) is 0 Å². The van der Waals surface area contributed by atoms with E-state index < -0.39 is 0 Å². The average Bonchev–Trinajstić information content (AvgIpc) is 2.15. The summed E-state index contributed by atoms with van der Waals surface area (Å²) in [7, 11) is 1.61. The molecule has 0 radical (unpaired) electrons. The van der Waals surface area contributed by atoms with E-state index in [1.807, 2.05) is 18.2 Å². The number of hydrogen-bond acceptors (Lipinski definition) is 2. The zero-order valence-corrected chi connectivity index (χ0v) is 8.74. The first-order valence-corrected chi connectivity index (χ1v) is 4.52. The van der Waals surface area contributed by atoms with Crippen LogP contribution in [0.15, 0.2) is 28.7 Å². The molecule has 1 aromatic carbocycles. The van der Waals surface area contributed by atoms with E-state index in [1.54, 1.807) is 13.2 Å². The monoisotopic (exact) mass is 240 g/mol. The summed E-state index contributed by atoms with van der Waals surface area (Å²) in [5.41, 5.74) is 0.958. The standard InChI is InChI=1S/C10H9BrO2/c1-13-10-5-4-8(3-2-6-12)7-9(10)11/h2-7H,1H3. The number of halogens is 1. The summed E-state index contributed by atoms with van der Waals surface area (Å²) in [6, 6.07) is 5.61. The van der Waals surface area contributed by atoms with Crippen LogP contribution in [-0.2, 0) is 4.79 Å². The molecular formula is C10H9BrO2. The highest BCUT2D eigenvalue weighted by Gasteiger charge is 1.98. The Kier molecular flexibility index (Phi) is 3.71. The van der Waals surface area contributed by atoms with Crippen molar-refractivity contribution in [2.24, 2.45) is 0 Å². The Bertz CT molecular complexity index is 332. The van der Waals surface area contributed by atoms with Gasteiger partial charge in [0.1, 0.15) is 12.0 Å². The minimum atomic E-state index is 0.748. The van der Waals surface area contributed by atoms with Gasteiger partial charge in [-0.3, -0.25) is 4.79 Å². The van der Waals surface area contributed by atoms with Crippen LogP contribution in [-0.4, -0.2) is 13.4 Å². The highest BCUT2D eigenvalue weighted by atomic mass is 79.9. The minimum Gasteiger partial charge on any atom is -0.496 e. The maximum Gasteiger partial charge on any atom is 0.142 e. The minimum absolute atomic E-state index is 0.748. The molecule has 1 rings (SSSR count). The number of benzene rings is 1. The van der Waals surface area contributed by atoms with Gasteiger partial charge in [-0.2, -0.15) is 0 Å². The molecule has 2 nitrogen and oxygen atoms in total. The average molecular weight is 241 g/mol. The third kappa shape index (κ3) is 2.70. The number of aldehydes is 1. The molecule has 0 aromatic heterocycles. The van der Waals surface area contributed by atoms with E-state index in [-0.39, 0.29) is 0 Å². The third-order valence-electron chi connectivity index (χ3n) is 1.54. The normalized spacial score (nSPS) is 10.3. The first-order valence-electron chi connectivity index (χ1n) is 3.73. The SMILES string of the molecule is COc1ccc(C=CC=O)cc1Br. The van der Waals surface area contributed by atoms with Gasteiger partial charge in [0.05, 0.1) is 11.6 Å². The molecule has 0 aliphatic carbocycles. The van der Waals surface area contributed by atoms with Crippen LogP contribution in [0.4, 0.5) is 0 Å². The zero-order chi connectivity index (χ0) is 9.68. The van der Waals surface area contributed by atoms with E-state index in [0.29, 0.717) is 0 Å². The maximum atomic E-state index is 10.1. The predicted molar refractivity (Wildman–Crippen MR) is 55.8 cm³/mol. The number of methoxy groups -OCH3 is 1. The van der Waals surface area contributed by atoms with Crippen molar-refractivity contribution in [2.45, 2.75) is 0 Å². The molecule has 0 bridgehead atoms. The fraction of sp³-hybridized carbons (Fsp3) is 0.100. The van der Waals surface area contributed by atoms with Crippen LogP contribution in [0, 0.1) is 0 Å². The van der Waals surface area contributed by atoms with Gasteiger partial charge in [-0.05, 0) is 39.7 Å². The van der Waals surface area contributed by atoms with Crippen LogP contribution >= 0.6 is 15.9 Å². The van der Waals surface area contributed by atoms with E-state index >= 15 is 0 Å². The summed E-state index contributed by atoms with van der Waals surface area (Å²) in [6.07, 6.45) is 3.93. The number of carbonyl (C=O) groups excluding carboxylic acids is 1. The van der Waals surface area contributed by atoms with E-state index in [0.717, 1.165) is 22.1 Å². The topological polar surface area (TPSA) is 26.3 Å². The predicted octanol–water partition coefficient (Wildman–Crippen LogP) is 2.67. The van der Waals surface area contributed by atoms with E-state index in [9.17, 15) is 4.79 Å². The number of ether oxygens (including phenoxy) is 1. The first-order chi connectivity index (χ1) is 6.27. The van der Waals surface area contributed by atoms with Crippen LogP contribution in [0.5, 0.6) is 5.75 Å². The maximum absolute atomic E-state index is 10.1. The molecule has 0 aliphatic heterocycles. The molecule has 0 saturated heterocycles. The summed E-state index contributed by atoms with van der Waals surface area (Å²) in [4.78, 5) is 10.1. The second-order valence-corrected chi connectivity index (χ2v) is 3.24. The van der Waals surface area contributed by atoms with E-state index in [4.69, 9.17) is 4.74 Å². The van der Waals surface area contributed by atoms with Crippen molar-refractivity contribution in [2.75, 3.05) is 7.11 Å². The van der Waals surface area contributed by atoms with Crippen LogP contribution in [0.25, 0.3) is 6.08 Å². The van der Waals surface area contributed by atoms with Crippen LogP contribution in [0.3, 0.4) is 0 Å². The molecule has 0 amide bonds. The number of carbonyl (C=O) groups is 1. The Morgan fingerprint density at radius 2 is 2.23 bits per heavy atom. The number of rotatable bonds is 3.